The molecule has 0 spiro atoms. The van der Waals surface area contributed by atoms with Crippen molar-refractivity contribution in [2.45, 2.75) is 38.8 Å². The van der Waals surface area contributed by atoms with Crippen LogP contribution in [0.3, 0.4) is 0 Å². The van der Waals surface area contributed by atoms with Crippen LogP contribution >= 0.6 is 0 Å². The third kappa shape index (κ3) is 7.53. The van der Waals surface area contributed by atoms with Crippen molar-refractivity contribution in [2.75, 3.05) is 20.8 Å². The number of methoxy groups -OCH3 is 2. The van der Waals surface area contributed by atoms with Crippen molar-refractivity contribution in [3.05, 3.63) is 65.9 Å². The Morgan fingerprint density at radius 3 is 2.57 bits per heavy atom. The number of amides is 1. The molecule has 0 aliphatic heterocycles. The second-order valence-corrected chi connectivity index (χ2v) is 8.98. The van der Waals surface area contributed by atoms with Gasteiger partial charge in [0, 0.05) is 23.2 Å². The van der Waals surface area contributed by atoms with Gasteiger partial charge in [-0.15, -0.1) is 0 Å². The summed E-state index contributed by atoms with van der Waals surface area (Å²) in [6.07, 6.45) is 4.92. The maximum Gasteiger partial charge on any atom is 0.408 e. The highest BCUT2D eigenvalue weighted by molar-refractivity contribution is 5.87. The van der Waals surface area contributed by atoms with Crippen molar-refractivity contribution in [1.82, 2.24) is 10.3 Å². The number of nitrogens with one attached hydrogen (secondary N) is 2. The van der Waals surface area contributed by atoms with Crippen LogP contribution in [0.25, 0.3) is 17.0 Å². The van der Waals surface area contributed by atoms with Gasteiger partial charge in [-0.25, -0.2) is 9.59 Å². The Hall–Kier alpha value is -3.94. The van der Waals surface area contributed by atoms with Crippen molar-refractivity contribution in [1.29, 1.82) is 0 Å². The Kier molecular flexibility index (Phi) is 8.41. The second-order valence-electron chi connectivity index (χ2n) is 8.98. The van der Waals surface area contributed by atoms with Crippen LogP contribution in [0.1, 0.15) is 31.9 Å². The maximum absolute atomic E-state index is 12.5. The zero-order valence-corrected chi connectivity index (χ0v) is 20.7. The van der Waals surface area contributed by atoms with E-state index in [4.69, 9.17) is 14.2 Å². The molecule has 1 heterocycles. The van der Waals surface area contributed by atoms with E-state index in [0.29, 0.717) is 17.9 Å². The van der Waals surface area contributed by atoms with Crippen molar-refractivity contribution in [2.24, 2.45) is 0 Å². The van der Waals surface area contributed by atoms with Gasteiger partial charge in [-0.2, -0.15) is 0 Å². The Bertz CT molecular complexity index is 1190. The SMILES string of the molecule is COC(=O)/C=C/c1ccc(OC[C@H](Cc2c[nH]c3ccccc23)NC(=O)OC(C)(C)C)c(OC)c1. The quantitative estimate of drug-likeness (QED) is 0.335. The van der Waals surface area contributed by atoms with Gasteiger partial charge < -0.3 is 29.2 Å². The van der Waals surface area contributed by atoms with E-state index >= 15 is 0 Å². The number of fused-ring (bicyclic) bond motifs is 1. The molecule has 1 amide bonds. The fourth-order valence-electron chi connectivity index (χ4n) is 3.52. The number of aromatic amines is 1. The lowest BCUT2D eigenvalue weighted by Crippen LogP contribution is -2.43. The van der Waals surface area contributed by atoms with Crippen LogP contribution in [0.15, 0.2) is 54.7 Å². The molecule has 0 unspecified atom stereocenters. The number of carbonyl (C=O) groups is 2. The first kappa shape index (κ1) is 25.7. The largest absolute Gasteiger partial charge is 0.493 e. The Morgan fingerprint density at radius 1 is 1.09 bits per heavy atom. The lowest BCUT2D eigenvalue weighted by Gasteiger charge is -2.24. The first-order valence-electron chi connectivity index (χ1n) is 11.3. The zero-order chi connectivity index (χ0) is 25.4. The van der Waals surface area contributed by atoms with Gasteiger partial charge in [-0.05, 0) is 62.6 Å². The number of esters is 1. The predicted octanol–water partition coefficient (Wildman–Crippen LogP) is 4.88. The molecule has 8 heteroatoms. The van der Waals surface area contributed by atoms with E-state index in [1.807, 2.05) is 51.2 Å². The van der Waals surface area contributed by atoms with Crippen LogP contribution in [0.5, 0.6) is 11.5 Å². The topological polar surface area (TPSA) is 98.9 Å². The Balaban J connectivity index is 1.77. The fraction of sp³-hybridized carbons (Fsp3) is 0.333. The van der Waals surface area contributed by atoms with E-state index in [1.54, 1.807) is 31.4 Å². The van der Waals surface area contributed by atoms with Gasteiger partial charge in [0.2, 0.25) is 0 Å². The molecule has 3 aromatic rings. The summed E-state index contributed by atoms with van der Waals surface area (Å²) < 4.78 is 21.6. The van der Waals surface area contributed by atoms with Crippen molar-refractivity contribution in [3.63, 3.8) is 0 Å². The second kappa shape index (κ2) is 11.5. The minimum atomic E-state index is -0.618. The summed E-state index contributed by atoms with van der Waals surface area (Å²) in [4.78, 5) is 27.1. The summed E-state index contributed by atoms with van der Waals surface area (Å²) in [6, 6.07) is 12.9. The average molecular weight is 481 g/mol. The van der Waals surface area contributed by atoms with E-state index < -0.39 is 17.7 Å². The number of carbonyl (C=O) groups excluding carboxylic acids is 2. The summed E-state index contributed by atoms with van der Waals surface area (Å²) in [5, 5.41) is 4.02. The first-order chi connectivity index (χ1) is 16.7. The molecule has 0 radical (unpaired) electrons. The van der Waals surface area contributed by atoms with E-state index in [1.165, 1.54) is 13.2 Å². The van der Waals surface area contributed by atoms with Crippen LogP contribution in [-0.2, 0) is 20.7 Å². The molecule has 0 bridgehead atoms. The van der Waals surface area contributed by atoms with Crippen molar-refractivity contribution < 1.29 is 28.5 Å². The minimum absolute atomic E-state index is 0.187. The van der Waals surface area contributed by atoms with E-state index in [0.717, 1.165) is 22.0 Å². The van der Waals surface area contributed by atoms with Gasteiger partial charge in [-0.1, -0.05) is 24.3 Å². The highest BCUT2D eigenvalue weighted by atomic mass is 16.6. The third-order valence-electron chi connectivity index (χ3n) is 5.10. The molecule has 3 rings (SSSR count). The third-order valence-corrected chi connectivity index (χ3v) is 5.10. The highest BCUT2D eigenvalue weighted by Crippen LogP contribution is 2.29. The molecule has 1 atom stereocenters. The summed E-state index contributed by atoms with van der Waals surface area (Å²) >= 11 is 0. The van der Waals surface area contributed by atoms with Crippen LogP contribution in [0, 0.1) is 0 Å². The number of ether oxygens (including phenoxy) is 4. The predicted molar refractivity (Wildman–Crippen MR) is 135 cm³/mol. The van der Waals surface area contributed by atoms with Gasteiger partial charge in [-0.3, -0.25) is 0 Å². The summed E-state index contributed by atoms with van der Waals surface area (Å²) in [6.45, 7) is 5.64. The number of hydrogen-bond acceptors (Lipinski definition) is 6. The molecule has 0 saturated carbocycles. The van der Waals surface area contributed by atoms with Crippen LogP contribution in [0.4, 0.5) is 4.79 Å². The highest BCUT2D eigenvalue weighted by Gasteiger charge is 2.22. The summed E-state index contributed by atoms with van der Waals surface area (Å²) in [5.74, 6) is 0.565. The van der Waals surface area contributed by atoms with Gasteiger partial charge in [0.15, 0.2) is 11.5 Å². The molecule has 0 aliphatic carbocycles. The normalized spacial score (nSPS) is 12.4. The van der Waals surface area contributed by atoms with Crippen molar-refractivity contribution >= 4 is 29.0 Å². The van der Waals surface area contributed by atoms with Gasteiger partial charge in [0.25, 0.3) is 0 Å². The smallest absolute Gasteiger partial charge is 0.408 e. The standard InChI is InChI=1S/C27H32N2O6/c1-27(2,3)35-26(31)29-20(15-19-16-28-22-9-7-6-8-21(19)22)17-34-23-12-10-18(14-24(23)32-4)11-13-25(30)33-5/h6-14,16,20,28H,15,17H2,1-5H3,(H,29,31)/b13-11+/t20-/m0/s1. The fourth-order valence-corrected chi connectivity index (χ4v) is 3.52. The molecule has 2 N–H and O–H groups in total. The molecule has 1 aromatic heterocycles. The molecule has 0 aliphatic rings. The number of rotatable bonds is 9. The molecule has 186 valence electrons. The lowest BCUT2D eigenvalue weighted by atomic mass is 10.1. The van der Waals surface area contributed by atoms with E-state index in [-0.39, 0.29) is 12.6 Å². The number of para-hydroxylation sites is 1. The van der Waals surface area contributed by atoms with Crippen LogP contribution in [0.2, 0.25) is 0 Å². The van der Waals surface area contributed by atoms with Crippen LogP contribution in [-0.4, -0.2) is 49.5 Å². The molecule has 0 saturated heterocycles. The number of aromatic nitrogens is 1. The van der Waals surface area contributed by atoms with Gasteiger partial charge in [0.05, 0.1) is 20.3 Å². The van der Waals surface area contributed by atoms with Crippen LogP contribution < -0.4 is 14.8 Å². The first-order valence-corrected chi connectivity index (χ1v) is 11.3. The van der Waals surface area contributed by atoms with Gasteiger partial charge >= 0.3 is 12.1 Å². The van der Waals surface area contributed by atoms with Crippen molar-refractivity contribution in [3.8, 4) is 11.5 Å². The molecule has 2 aromatic carbocycles. The number of H-pyrrole nitrogens is 1. The number of benzene rings is 2. The monoisotopic (exact) mass is 480 g/mol. The number of hydrogen-bond donors (Lipinski definition) is 2. The van der Waals surface area contributed by atoms with Gasteiger partial charge in [0.1, 0.15) is 12.2 Å². The zero-order valence-electron chi connectivity index (χ0n) is 20.7. The molecule has 0 fully saturated rings. The Morgan fingerprint density at radius 2 is 1.86 bits per heavy atom. The summed E-state index contributed by atoms with van der Waals surface area (Å²) in [7, 11) is 2.86. The molecule has 35 heavy (non-hydrogen) atoms. The molecular formula is C27H32N2O6. The minimum Gasteiger partial charge on any atom is -0.493 e. The lowest BCUT2D eigenvalue weighted by molar-refractivity contribution is -0.134. The maximum atomic E-state index is 12.5. The van der Waals surface area contributed by atoms with E-state index in [2.05, 4.69) is 15.0 Å². The summed E-state index contributed by atoms with van der Waals surface area (Å²) in [5.41, 5.74) is 2.21. The number of alkyl carbamates (subject to hydrolysis) is 1. The Labute approximate surface area is 205 Å². The molecular weight excluding hydrogens is 448 g/mol. The average Bonchev–Trinajstić information content (AvgIpc) is 3.22. The molecule has 8 nitrogen and oxygen atoms in total. The van der Waals surface area contributed by atoms with E-state index in [9.17, 15) is 9.59 Å².